The van der Waals surface area contributed by atoms with Gasteiger partial charge in [-0.1, -0.05) is 53.2 Å². The molecule has 4 saturated carbocycles. The molecule has 33 nitrogen and oxygen atoms in total. The van der Waals surface area contributed by atoms with Gasteiger partial charge in [-0.2, -0.15) is 0 Å². The Morgan fingerprint density at radius 3 is 1.75 bits per heavy atom. The highest BCUT2D eigenvalue weighted by atomic mass is 16.8. The van der Waals surface area contributed by atoms with Crippen molar-refractivity contribution in [3.05, 3.63) is 11.6 Å². The van der Waals surface area contributed by atoms with Gasteiger partial charge in [0.05, 0.1) is 49.1 Å². The molecule has 10 fully saturated rings. The molecule has 6 saturated heterocycles. The minimum Gasteiger partial charge on any atom is -0.479 e. The number of aliphatic carboxylic acids is 1. The smallest absolute Gasteiger partial charge is 0.335 e. The number of carbonyl (C=O) groups excluding carboxylic acids is 3. The Morgan fingerprint density at radius 1 is 0.540 bits per heavy atom. The molecule has 0 radical (unpaired) electrons. The molecular formula is C67H104O33. The number of allylic oxidation sites excluding steroid dienone is 2. The van der Waals surface area contributed by atoms with Crippen LogP contribution in [0.15, 0.2) is 11.6 Å². The van der Waals surface area contributed by atoms with Crippen LogP contribution in [0.1, 0.15) is 127 Å². The topological polar surface area (TPSA) is 512 Å². The van der Waals surface area contributed by atoms with Crippen molar-refractivity contribution in [1.82, 2.24) is 0 Å². The van der Waals surface area contributed by atoms with Crippen molar-refractivity contribution in [1.29, 1.82) is 0 Å². The van der Waals surface area contributed by atoms with Crippen LogP contribution >= 0.6 is 0 Å². The van der Waals surface area contributed by atoms with Crippen molar-refractivity contribution in [2.45, 2.75) is 317 Å². The molecule has 6 aliphatic heterocycles. The highest BCUT2D eigenvalue weighted by Gasteiger charge is 2.73. The van der Waals surface area contributed by atoms with Gasteiger partial charge in [0.2, 0.25) is 6.29 Å². The first-order chi connectivity index (χ1) is 46.7. The summed E-state index contributed by atoms with van der Waals surface area (Å²) in [5, 5.41) is 176. The maximum atomic E-state index is 16.2. The standard InChI is InChI=1S/C67H104O33/c1-24-36(73)39(76)45(82)56(89-24)98-52-49(92-27(4)70)26(3)91-60(53(52)99-57-47(84)43(80)48(25(2)90-57)95-55-44(81)37(74)30(71)22-88-55)100-61(87)67-18-17-62(5,6)19-29(67)28-11-12-33-63(7)15-14-35(64(8,23-69)32(63)13-16-65(33,9)66(28,10)20-34(67)72)94-59-51(42(79)41(78)50(96-59)54(85)86)97-58-46(83)40(77)38(75)31(21-68)93-58/h11,23-26,29-53,55-60,68,71-84H,12-22H2,1-10H3,(H,85,86). The lowest BCUT2D eigenvalue weighted by molar-refractivity contribution is -0.390. The van der Waals surface area contributed by atoms with Gasteiger partial charge in [0, 0.05) is 6.92 Å². The molecule has 0 aromatic rings. The van der Waals surface area contributed by atoms with Crippen molar-refractivity contribution in [3.63, 3.8) is 0 Å². The molecule has 5 aliphatic carbocycles. The van der Waals surface area contributed by atoms with Crippen molar-refractivity contribution in [2.24, 2.45) is 50.2 Å². The van der Waals surface area contributed by atoms with Crippen LogP contribution in [0.25, 0.3) is 0 Å². The van der Waals surface area contributed by atoms with E-state index >= 15 is 4.79 Å². The summed E-state index contributed by atoms with van der Waals surface area (Å²) in [6, 6.07) is 0. The zero-order valence-corrected chi connectivity index (χ0v) is 57.7. The molecule has 11 aliphatic rings. The highest BCUT2D eigenvalue weighted by molar-refractivity contribution is 5.80. The number of hydrogen-bond donors (Lipinski definition) is 16. The number of carboxylic acids is 1. The summed E-state index contributed by atoms with van der Waals surface area (Å²) in [4.78, 5) is 55.7. The summed E-state index contributed by atoms with van der Waals surface area (Å²) in [5.41, 5.74) is -4.79. The van der Waals surface area contributed by atoms with E-state index in [1.54, 1.807) is 6.92 Å². The van der Waals surface area contributed by atoms with Crippen LogP contribution < -0.4 is 0 Å². The van der Waals surface area contributed by atoms with Gasteiger partial charge in [-0.25, -0.2) is 4.79 Å². The fourth-order valence-corrected chi connectivity index (χ4v) is 19.3. The largest absolute Gasteiger partial charge is 0.479 e. The summed E-state index contributed by atoms with van der Waals surface area (Å²) in [6.07, 6.45) is -47.9. The maximum absolute atomic E-state index is 16.2. The number of fused-ring (bicyclic) bond motifs is 7. The van der Waals surface area contributed by atoms with E-state index < -0.39 is 266 Å². The van der Waals surface area contributed by atoms with Crippen LogP contribution in [0.5, 0.6) is 0 Å². The quantitative estimate of drug-likeness (QED) is 0.0304. The second kappa shape index (κ2) is 28.8. The predicted octanol–water partition coefficient (Wildman–Crippen LogP) is -3.85. The van der Waals surface area contributed by atoms with E-state index in [1.165, 1.54) is 20.8 Å². The predicted molar refractivity (Wildman–Crippen MR) is 330 cm³/mol. The molecule has 570 valence electrons. The second-order valence-electron chi connectivity index (χ2n) is 31.8. The Hall–Kier alpha value is -3.22. The summed E-state index contributed by atoms with van der Waals surface area (Å²) in [7, 11) is 0. The first kappa shape index (κ1) is 77.9. The van der Waals surface area contributed by atoms with Gasteiger partial charge in [-0.3, -0.25) is 9.59 Å². The van der Waals surface area contributed by atoms with Crippen LogP contribution in [-0.2, 0) is 80.8 Å². The van der Waals surface area contributed by atoms with Crippen LogP contribution in [0.3, 0.4) is 0 Å². The van der Waals surface area contributed by atoms with E-state index in [-0.39, 0.29) is 25.2 Å². The number of esters is 2. The Morgan fingerprint density at radius 2 is 1.11 bits per heavy atom. The van der Waals surface area contributed by atoms with E-state index in [2.05, 4.69) is 40.7 Å². The zero-order chi connectivity index (χ0) is 73.3. The van der Waals surface area contributed by atoms with Crippen LogP contribution in [0.2, 0.25) is 0 Å². The molecule has 39 atom stereocenters. The van der Waals surface area contributed by atoms with E-state index in [1.807, 2.05) is 0 Å². The molecule has 0 bridgehead atoms. The van der Waals surface area contributed by atoms with Gasteiger partial charge in [-0.15, -0.1) is 0 Å². The van der Waals surface area contributed by atoms with Crippen molar-refractivity contribution in [3.8, 4) is 0 Å². The Kier molecular flexibility index (Phi) is 22.4. The minimum absolute atomic E-state index is 0.0258. The molecular weight excluding hydrogens is 1330 g/mol. The maximum Gasteiger partial charge on any atom is 0.335 e. The number of carboxylic acid groups (broad SMARTS) is 1. The summed E-state index contributed by atoms with van der Waals surface area (Å²) < 4.78 is 79.1. The average molecular weight is 1440 g/mol. The van der Waals surface area contributed by atoms with Crippen LogP contribution in [0.4, 0.5) is 0 Å². The van der Waals surface area contributed by atoms with Gasteiger partial charge in [0.25, 0.3) is 0 Å². The third-order valence-corrected chi connectivity index (χ3v) is 25.4. The summed E-state index contributed by atoms with van der Waals surface area (Å²) >= 11 is 0. The normalized spacial score (nSPS) is 54.0. The molecule has 33 heteroatoms. The molecule has 100 heavy (non-hydrogen) atoms. The van der Waals surface area contributed by atoms with Crippen LogP contribution in [0, 0.1) is 50.2 Å². The molecule has 16 N–H and O–H groups in total. The molecule has 0 amide bonds. The van der Waals surface area contributed by atoms with Gasteiger partial charge < -0.3 is 148 Å². The lowest BCUT2D eigenvalue weighted by atomic mass is 9.33. The number of aliphatic hydroxyl groups excluding tert-OH is 15. The summed E-state index contributed by atoms with van der Waals surface area (Å²) in [6.45, 7) is 16.3. The van der Waals surface area contributed by atoms with E-state index in [0.717, 1.165) is 18.8 Å². The third kappa shape index (κ3) is 13.1. The Labute approximate surface area is 577 Å². The van der Waals surface area contributed by atoms with Gasteiger partial charge >= 0.3 is 17.9 Å². The second-order valence-corrected chi connectivity index (χ2v) is 31.8. The van der Waals surface area contributed by atoms with Gasteiger partial charge in [0.1, 0.15) is 115 Å². The lowest BCUT2D eigenvalue weighted by Gasteiger charge is -2.71. The SMILES string of the molecule is CC(=O)OC1C(C)OC(OC(=O)C23CCC(C)(C)CC2C2=CCC4C5(C)CCC(OC6OC(C(=O)O)C(O)C(O)C6OC6OC(CO)C(O)C(O)C6O)C(C)(C=O)C5CCC4(C)C2(C)CC3O)C(OC2OC(C)C(OC3OCC(O)C(O)C3O)C(O)C2O)C1OC1OC(C)C(O)C(O)C1O. The van der Waals surface area contributed by atoms with E-state index in [4.69, 9.17) is 61.6 Å². The van der Waals surface area contributed by atoms with E-state index in [0.29, 0.717) is 38.5 Å². The van der Waals surface area contributed by atoms with Gasteiger partial charge in [-0.05, 0) is 118 Å². The highest BCUT2D eigenvalue weighted by Crippen LogP contribution is 2.76. The van der Waals surface area contributed by atoms with Crippen molar-refractivity contribution < 1.29 is 162 Å². The zero-order valence-electron chi connectivity index (χ0n) is 57.7. The molecule has 0 aromatic heterocycles. The molecule has 39 unspecified atom stereocenters. The van der Waals surface area contributed by atoms with Gasteiger partial charge in [0.15, 0.2) is 49.8 Å². The monoisotopic (exact) mass is 1440 g/mol. The number of ether oxygens (including phenoxy) is 13. The number of carbonyl (C=O) groups is 4. The molecule has 11 rings (SSSR count). The Bertz CT molecular complexity index is 2960. The first-order valence-corrected chi connectivity index (χ1v) is 34.8. The molecule has 0 spiro atoms. The fourth-order valence-electron chi connectivity index (χ4n) is 19.3. The van der Waals surface area contributed by atoms with Crippen LogP contribution in [-0.4, -0.2) is 309 Å². The first-order valence-electron chi connectivity index (χ1n) is 34.8. The van der Waals surface area contributed by atoms with Crippen molar-refractivity contribution >= 4 is 24.2 Å². The average Bonchev–Trinajstić information content (AvgIpc) is 0.671. The number of aliphatic hydroxyl groups is 15. The lowest BCUT2D eigenvalue weighted by Crippen LogP contribution is -2.69. The van der Waals surface area contributed by atoms with Crippen molar-refractivity contribution in [2.75, 3.05) is 13.2 Å². The molecule has 0 aromatic carbocycles. The third-order valence-electron chi connectivity index (χ3n) is 25.4. The number of aldehydes is 1. The molecule has 6 heterocycles. The fraction of sp³-hybridized carbons (Fsp3) is 0.910. The number of rotatable bonds is 16. The van der Waals surface area contributed by atoms with E-state index in [9.17, 15) is 96.1 Å². The minimum atomic E-state index is -2.13. The Balaban J connectivity index is 0.894. The number of hydrogen-bond acceptors (Lipinski definition) is 32. The summed E-state index contributed by atoms with van der Waals surface area (Å²) in [5.74, 6) is -4.85.